The van der Waals surface area contributed by atoms with Crippen LogP contribution in [0.2, 0.25) is 0 Å². The normalized spacial score (nSPS) is 15.4. The molecule has 1 aliphatic heterocycles. The maximum absolute atomic E-state index is 13.1. The van der Waals surface area contributed by atoms with Crippen molar-refractivity contribution in [2.45, 2.75) is 33.4 Å². The fourth-order valence-corrected chi connectivity index (χ4v) is 4.06. The highest BCUT2D eigenvalue weighted by Gasteiger charge is 2.26. The lowest BCUT2D eigenvalue weighted by Crippen LogP contribution is -2.50. The minimum Gasteiger partial charge on any atom is -0.380 e. The number of fused-ring (bicyclic) bond motifs is 1. The summed E-state index contributed by atoms with van der Waals surface area (Å²) in [5, 5.41) is 11.1. The van der Waals surface area contributed by atoms with Crippen LogP contribution in [0.1, 0.15) is 35.5 Å². The number of aliphatic hydroxyl groups excluding tert-OH is 1. The third-order valence-corrected chi connectivity index (χ3v) is 6.12. The topological polar surface area (TPSA) is 78.7 Å². The molecule has 0 aliphatic carbocycles. The smallest absolute Gasteiger partial charge is 0.242 e. The van der Waals surface area contributed by atoms with Crippen molar-refractivity contribution in [3.05, 3.63) is 65.0 Å². The van der Waals surface area contributed by atoms with Gasteiger partial charge in [0, 0.05) is 33.1 Å². The fourth-order valence-electron chi connectivity index (χ4n) is 4.06. The number of imidazole rings is 1. The maximum Gasteiger partial charge on any atom is 0.242 e. The highest BCUT2D eigenvalue weighted by Crippen LogP contribution is 2.27. The van der Waals surface area contributed by atoms with Crippen molar-refractivity contribution < 1.29 is 14.7 Å². The summed E-state index contributed by atoms with van der Waals surface area (Å²) in [6, 6.07) is 13.4. The van der Waals surface area contributed by atoms with E-state index in [0.29, 0.717) is 32.0 Å². The van der Waals surface area contributed by atoms with Crippen LogP contribution < -0.4 is 0 Å². The second-order valence-electron chi connectivity index (χ2n) is 8.18. The Kier molecular flexibility index (Phi) is 5.78. The molecule has 4 rings (SSSR count). The first-order valence-corrected chi connectivity index (χ1v) is 10.6. The van der Waals surface area contributed by atoms with Crippen LogP contribution in [0.15, 0.2) is 42.5 Å². The predicted octanol–water partition coefficient (Wildman–Crippen LogP) is 2.43. The standard InChI is InChI=1S/C24H28N4O3/c1-16-13-20-21(14-17(16)2)28(24(25-20)23(31)19-7-5-4-6-8-19)15-22(30)27-11-9-26(10-12-27)18(3)29/h4-8,13-14,23,31H,9-12,15H2,1-3H3. The molecule has 1 unspecified atom stereocenters. The van der Waals surface area contributed by atoms with Crippen LogP contribution >= 0.6 is 0 Å². The first-order valence-electron chi connectivity index (χ1n) is 10.6. The Bertz CT molecular complexity index is 1110. The highest BCUT2D eigenvalue weighted by atomic mass is 16.3. The summed E-state index contributed by atoms with van der Waals surface area (Å²) in [6.45, 7) is 7.82. The molecule has 1 N–H and O–H groups in total. The molecule has 0 bridgehead atoms. The average Bonchev–Trinajstić information content (AvgIpc) is 3.11. The molecule has 2 aromatic carbocycles. The van der Waals surface area contributed by atoms with Crippen LogP contribution in [0.3, 0.4) is 0 Å². The third kappa shape index (κ3) is 4.18. The Balaban J connectivity index is 1.67. The number of benzene rings is 2. The molecule has 2 amide bonds. The van der Waals surface area contributed by atoms with E-state index < -0.39 is 6.10 Å². The molecule has 0 radical (unpaired) electrons. The molecule has 0 spiro atoms. The fraction of sp³-hybridized carbons (Fsp3) is 0.375. The van der Waals surface area contributed by atoms with E-state index in [-0.39, 0.29) is 18.4 Å². The van der Waals surface area contributed by atoms with Gasteiger partial charge in [-0.05, 0) is 42.7 Å². The molecule has 3 aromatic rings. The molecule has 7 nitrogen and oxygen atoms in total. The first kappa shape index (κ1) is 21.1. The Labute approximate surface area is 181 Å². The van der Waals surface area contributed by atoms with Gasteiger partial charge in [-0.15, -0.1) is 0 Å². The van der Waals surface area contributed by atoms with Crippen LogP contribution in [0.25, 0.3) is 11.0 Å². The van der Waals surface area contributed by atoms with Crippen LogP contribution in [-0.4, -0.2) is 62.5 Å². The quantitative estimate of drug-likeness (QED) is 0.703. The van der Waals surface area contributed by atoms with Gasteiger partial charge in [0.05, 0.1) is 11.0 Å². The van der Waals surface area contributed by atoms with Crippen LogP contribution in [-0.2, 0) is 16.1 Å². The van der Waals surface area contributed by atoms with Gasteiger partial charge in [0.2, 0.25) is 11.8 Å². The number of nitrogens with zero attached hydrogens (tertiary/aromatic N) is 4. The van der Waals surface area contributed by atoms with Gasteiger partial charge in [0.25, 0.3) is 0 Å². The molecule has 1 saturated heterocycles. The van der Waals surface area contributed by atoms with E-state index in [9.17, 15) is 14.7 Å². The second-order valence-corrected chi connectivity index (χ2v) is 8.18. The Morgan fingerprint density at radius 3 is 2.26 bits per heavy atom. The van der Waals surface area contributed by atoms with Crippen molar-refractivity contribution in [1.82, 2.24) is 19.4 Å². The number of aryl methyl sites for hydroxylation is 2. The zero-order chi connectivity index (χ0) is 22.1. The zero-order valence-corrected chi connectivity index (χ0v) is 18.2. The SMILES string of the molecule is CC(=O)N1CCN(C(=O)Cn2c(C(O)c3ccccc3)nc3cc(C)c(C)cc32)CC1. The van der Waals surface area contributed by atoms with Crippen LogP contribution in [0.5, 0.6) is 0 Å². The number of rotatable bonds is 4. The van der Waals surface area contributed by atoms with Gasteiger partial charge in [0.1, 0.15) is 18.5 Å². The van der Waals surface area contributed by atoms with E-state index in [1.165, 1.54) is 0 Å². The number of piperazine rings is 1. The van der Waals surface area contributed by atoms with Gasteiger partial charge < -0.3 is 19.5 Å². The number of carbonyl (C=O) groups excluding carboxylic acids is 2. The number of amides is 2. The molecule has 1 aromatic heterocycles. The van der Waals surface area contributed by atoms with E-state index in [0.717, 1.165) is 27.7 Å². The van der Waals surface area contributed by atoms with Gasteiger partial charge in [-0.25, -0.2) is 4.98 Å². The van der Waals surface area contributed by atoms with Crippen molar-refractivity contribution in [1.29, 1.82) is 0 Å². The summed E-state index contributed by atoms with van der Waals surface area (Å²) >= 11 is 0. The van der Waals surface area contributed by atoms with E-state index in [4.69, 9.17) is 4.98 Å². The summed E-state index contributed by atoms with van der Waals surface area (Å²) in [4.78, 5) is 33.0. The van der Waals surface area contributed by atoms with Gasteiger partial charge in [-0.1, -0.05) is 30.3 Å². The number of carbonyl (C=O) groups is 2. The minimum absolute atomic E-state index is 0.0341. The van der Waals surface area contributed by atoms with Gasteiger partial charge in [-0.2, -0.15) is 0 Å². The Hall–Kier alpha value is -3.19. The molecular weight excluding hydrogens is 392 g/mol. The van der Waals surface area contributed by atoms with Crippen molar-refractivity contribution in [3.8, 4) is 0 Å². The van der Waals surface area contributed by atoms with Crippen molar-refractivity contribution in [2.75, 3.05) is 26.2 Å². The second kappa shape index (κ2) is 8.51. The highest BCUT2D eigenvalue weighted by molar-refractivity contribution is 5.83. The van der Waals surface area contributed by atoms with Crippen LogP contribution in [0.4, 0.5) is 0 Å². The summed E-state index contributed by atoms with van der Waals surface area (Å²) in [5.41, 5.74) is 4.56. The number of aromatic nitrogens is 2. The minimum atomic E-state index is -0.934. The first-order chi connectivity index (χ1) is 14.8. The van der Waals surface area contributed by atoms with Crippen LogP contribution in [0, 0.1) is 13.8 Å². The zero-order valence-electron chi connectivity index (χ0n) is 18.2. The molecule has 1 atom stereocenters. The number of hydrogen-bond donors (Lipinski definition) is 1. The van der Waals surface area contributed by atoms with Crippen molar-refractivity contribution >= 4 is 22.8 Å². The van der Waals surface area contributed by atoms with Crippen molar-refractivity contribution in [3.63, 3.8) is 0 Å². The van der Waals surface area contributed by atoms with Gasteiger partial charge >= 0.3 is 0 Å². The van der Waals surface area contributed by atoms with E-state index in [1.54, 1.807) is 16.7 Å². The summed E-state index contributed by atoms with van der Waals surface area (Å²) < 4.78 is 1.83. The van der Waals surface area contributed by atoms with Gasteiger partial charge in [0.15, 0.2) is 0 Å². The third-order valence-electron chi connectivity index (χ3n) is 6.12. The van der Waals surface area contributed by atoms with E-state index in [1.807, 2.05) is 60.9 Å². The molecule has 7 heteroatoms. The van der Waals surface area contributed by atoms with E-state index >= 15 is 0 Å². The summed E-state index contributed by atoms with van der Waals surface area (Å²) in [6.07, 6.45) is -0.934. The molecular formula is C24H28N4O3. The largest absolute Gasteiger partial charge is 0.380 e. The average molecular weight is 421 g/mol. The number of aliphatic hydroxyl groups is 1. The molecule has 2 heterocycles. The van der Waals surface area contributed by atoms with E-state index in [2.05, 4.69) is 0 Å². The molecule has 162 valence electrons. The predicted molar refractivity (Wildman–Crippen MR) is 119 cm³/mol. The Morgan fingerprint density at radius 1 is 1.00 bits per heavy atom. The summed E-state index contributed by atoms with van der Waals surface area (Å²) in [5.74, 6) is 0.455. The summed E-state index contributed by atoms with van der Waals surface area (Å²) in [7, 11) is 0. The lowest BCUT2D eigenvalue weighted by molar-refractivity contribution is -0.138. The lowest BCUT2D eigenvalue weighted by Gasteiger charge is -2.34. The maximum atomic E-state index is 13.1. The molecule has 1 fully saturated rings. The van der Waals surface area contributed by atoms with Gasteiger partial charge in [-0.3, -0.25) is 9.59 Å². The molecule has 31 heavy (non-hydrogen) atoms. The molecule has 1 aliphatic rings. The monoisotopic (exact) mass is 420 g/mol. The molecule has 0 saturated carbocycles. The van der Waals surface area contributed by atoms with Crippen molar-refractivity contribution in [2.24, 2.45) is 0 Å². The number of hydrogen-bond acceptors (Lipinski definition) is 4. The Morgan fingerprint density at radius 2 is 1.61 bits per heavy atom. The lowest BCUT2D eigenvalue weighted by atomic mass is 10.1.